The third-order valence-corrected chi connectivity index (χ3v) is 6.14. The van der Waals surface area contributed by atoms with E-state index in [-0.39, 0.29) is 5.91 Å². The monoisotopic (exact) mass is 391 g/mol. The summed E-state index contributed by atoms with van der Waals surface area (Å²) in [4.78, 5) is 19.5. The van der Waals surface area contributed by atoms with E-state index in [1.807, 2.05) is 31.2 Å². The third kappa shape index (κ3) is 4.25. The van der Waals surface area contributed by atoms with Crippen molar-refractivity contribution in [3.05, 3.63) is 75.7 Å². The van der Waals surface area contributed by atoms with Crippen LogP contribution in [-0.4, -0.2) is 16.9 Å². The molecule has 2 aromatic carbocycles. The van der Waals surface area contributed by atoms with Crippen LogP contribution in [0.5, 0.6) is 0 Å². The first kappa shape index (κ1) is 18.7. The number of amides is 1. The summed E-state index contributed by atoms with van der Waals surface area (Å²) < 4.78 is 0. The Morgan fingerprint density at radius 2 is 2.00 bits per heavy atom. The van der Waals surface area contributed by atoms with Gasteiger partial charge >= 0.3 is 0 Å². The van der Waals surface area contributed by atoms with E-state index >= 15 is 0 Å². The molecule has 1 aromatic heterocycles. The molecule has 0 bridgehead atoms. The highest BCUT2D eigenvalue weighted by atomic mass is 32.1. The molecule has 0 saturated heterocycles. The lowest BCUT2D eigenvalue weighted by atomic mass is 9.96. The summed E-state index contributed by atoms with van der Waals surface area (Å²) in [6.07, 6.45) is 2.60. The van der Waals surface area contributed by atoms with Crippen LogP contribution in [0.1, 0.15) is 35.2 Å². The average molecular weight is 392 g/mol. The van der Waals surface area contributed by atoms with Crippen molar-refractivity contribution in [3.8, 4) is 0 Å². The van der Waals surface area contributed by atoms with E-state index in [4.69, 9.17) is 4.98 Å². The van der Waals surface area contributed by atoms with Crippen molar-refractivity contribution in [2.45, 2.75) is 45.7 Å². The molecule has 0 unspecified atom stereocenters. The number of aryl methyl sites for hydroxylation is 2. The average Bonchev–Trinajstić information content (AvgIpc) is 3.13. The zero-order valence-electron chi connectivity index (χ0n) is 16.3. The molecule has 1 aliphatic rings. The van der Waals surface area contributed by atoms with Gasteiger partial charge in [0, 0.05) is 22.8 Å². The van der Waals surface area contributed by atoms with Gasteiger partial charge in [-0.25, -0.2) is 4.98 Å². The molecule has 0 radical (unpaired) electrons. The fourth-order valence-electron chi connectivity index (χ4n) is 3.66. The Morgan fingerprint density at radius 1 is 1.21 bits per heavy atom. The smallest absolute Gasteiger partial charge is 0.231 e. The maximum atomic E-state index is 12.3. The molecule has 144 valence electrons. The standard InChI is InChI=1S/C23H25N3OS/c1-16-7-11-19(12-8-16)24-22(27)13-23-25-20(15-28-23)14-26-17(2)9-10-18-5-3-4-6-21(18)26/h3-8,11-12,15,17H,9-10,13-14H2,1-2H3,(H,24,27)/t17-/m0/s1. The van der Waals surface area contributed by atoms with E-state index in [2.05, 4.69) is 46.8 Å². The topological polar surface area (TPSA) is 45.2 Å². The molecule has 4 rings (SSSR count). The zero-order chi connectivity index (χ0) is 19.5. The van der Waals surface area contributed by atoms with Crippen LogP contribution in [-0.2, 0) is 24.2 Å². The van der Waals surface area contributed by atoms with Gasteiger partial charge in [-0.15, -0.1) is 11.3 Å². The van der Waals surface area contributed by atoms with Crippen molar-refractivity contribution in [3.63, 3.8) is 0 Å². The molecule has 4 nitrogen and oxygen atoms in total. The number of benzene rings is 2. The number of aromatic nitrogens is 1. The second kappa shape index (κ2) is 8.15. The van der Waals surface area contributed by atoms with Crippen LogP contribution in [0.3, 0.4) is 0 Å². The molecule has 1 N–H and O–H groups in total. The molecule has 28 heavy (non-hydrogen) atoms. The highest BCUT2D eigenvalue weighted by Crippen LogP contribution is 2.31. The lowest BCUT2D eigenvalue weighted by Gasteiger charge is -2.36. The molecular formula is C23H25N3OS. The van der Waals surface area contributed by atoms with Crippen molar-refractivity contribution >= 4 is 28.6 Å². The number of anilines is 2. The van der Waals surface area contributed by atoms with Crippen molar-refractivity contribution in [2.24, 2.45) is 0 Å². The number of hydrogen-bond acceptors (Lipinski definition) is 4. The molecule has 3 aromatic rings. The predicted molar refractivity (Wildman–Crippen MR) is 116 cm³/mol. The van der Waals surface area contributed by atoms with Crippen molar-refractivity contribution in [1.29, 1.82) is 0 Å². The summed E-state index contributed by atoms with van der Waals surface area (Å²) >= 11 is 1.56. The molecule has 5 heteroatoms. The number of nitrogens with zero attached hydrogens (tertiary/aromatic N) is 2. The van der Waals surface area contributed by atoms with Gasteiger partial charge in [0.1, 0.15) is 5.01 Å². The minimum absolute atomic E-state index is 0.0264. The van der Waals surface area contributed by atoms with Crippen LogP contribution in [0, 0.1) is 6.92 Å². The Labute approximate surface area is 170 Å². The van der Waals surface area contributed by atoms with Gasteiger partial charge in [-0.1, -0.05) is 35.9 Å². The van der Waals surface area contributed by atoms with E-state index in [0.29, 0.717) is 12.5 Å². The second-order valence-electron chi connectivity index (χ2n) is 7.47. The van der Waals surface area contributed by atoms with Gasteiger partial charge in [0.25, 0.3) is 0 Å². The molecule has 0 spiro atoms. The minimum Gasteiger partial charge on any atom is -0.363 e. The van der Waals surface area contributed by atoms with Crippen LogP contribution in [0.2, 0.25) is 0 Å². The number of nitrogens with one attached hydrogen (secondary N) is 1. The van der Waals surface area contributed by atoms with E-state index in [1.165, 1.54) is 16.8 Å². The maximum absolute atomic E-state index is 12.3. The van der Waals surface area contributed by atoms with Crippen LogP contribution >= 0.6 is 11.3 Å². The number of thiazole rings is 1. The Bertz CT molecular complexity index is 964. The van der Waals surface area contributed by atoms with Gasteiger partial charge < -0.3 is 10.2 Å². The number of carbonyl (C=O) groups is 1. The number of rotatable bonds is 5. The van der Waals surface area contributed by atoms with Crippen LogP contribution < -0.4 is 10.2 Å². The van der Waals surface area contributed by atoms with Gasteiger partial charge in [-0.3, -0.25) is 4.79 Å². The summed E-state index contributed by atoms with van der Waals surface area (Å²) in [7, 11) is 0. The van der Waals surface area contributed by atoms with Crippen LogP contribution in [0.15, 0.2) is 53.9 Å². The van der Waals surface area contributed by atoms with Gasteiger partial charge in [-0.2, -0.15) is 0 Å². The molecule has 1 amide bonds. The Kier molecular flexibility index (Phi) is 5.44. The first-order valence-electron chi connectivity index (χ1n) is 9.73. The number of hydrogen-bond donors (Lipinski definition) is 1. The molecule has 0 aliphatic carbocycles. The van der Waals surface area contributed by atoms with E-state index in [9.17, 15) is 4.79 Å². The fourth-order valence-corrected chi connectivity index (χ4v) is 4.44. The van der Waals surface area contributed by atoms with Crippen molar-refractivity contribution in [1.82, 2.24) is 4.98 Å². The molecule has 0 fully saturated rings. The summed E-state index contributed by atoms with van der Waals surface area (Å²) in [6.45, 7) is 5.09. The normalized spacial score (nSPS) is 15.9. The summed E-state index contributed by atoms with van der Waals surface area (Å²) in [5.74, 6) is -0.0264. The van der Waals surface area contributed by atoms with E-state index < -0.39 is 0 Å². The van der Waals surface area contributed by atoms with Crippen LogP contribution in [0.25, 0.3) is 0 Å². The zero-order valence-corrected chi connectivity index (χ0v) is 17.1. The third-order valence-electron chi connectivity index (χ3n) is 5.24. The number of para-hydroxylation sites is 1. The molecule has 2 heterocycles. The Hall–Kier alpha value is -2.66. The predicted octanol–water partition coefficient (Wildman–Crippen LogP) is 4.97. The summed E-state index contributed by atoms with van der Waals surface area (Å²) in [6, 6.07) is 17.0. The van der Waals surface area contributed by atoms with Crippen LogP contribution in [0.4, 0.5) is 11.4 Å². The SMILES string of the molecule is Cc1ccc(NC(=O)Cc2nc(CN3c4ccccc4CC[C@@H]3C)cs2)cc1. The quantitative estimate of drug-likeness (QED) is 0.668. The van der Waals surface area contributed by atoms with Gasteiger partial charge in [0.2, 0.25) is 5.91 Å². The maximum Gasteiger partial charge on any atom is 0.231 e. The molecular weight excluding hydrogens is 366 g/mol. The molecule has 1 aliphatic heterocycles. The Morgan fingerprint density at radius 3 is 2.82 bits per heavy atom. The van der Waals surface area contributed by atoms with E-state index in [1.54, 1.807) is 11.3 Å². The van der Waals surface area contributed by atoms with E-state index in [0.717, 1.165) is 35.8 Å². The number of carbonyl (C=O) groups excluding carboxylic acids is 1. The Balaban J connectivity index is 1.40. The van der Waals surface area contributed by atoms with Crippen molar-refractivity contribution in [2.75, 3.05) is 10.2 Å². The molecule has 1 atom stereocenters. The second-order valence-corrected chi connectivity index (χ2v) is 8.41. The van der Waals surface area contributed by atoms with Gasteiger partial charge in [-0.05, 0) is 50.5 Å². The van der Waals surface area contributed by atoms with Gasteiger partial charge in [0.15, 0.2) is 0 Å². The lowest BCUT2D eigenvalue weighted by Crippen LogP contribution is -2.36. The highest BCUT2D eigenvalue weighted by molar-refractivity contribution is 7.09. The number of fused-ring (bicyclic) bond motifs is 1. The first-order valence-corrected chi connectivity index (χ1v) is 10.6. The highest BCUT2D eigenvalue weighted by Gasteiger charge is 2.23. The van der Waals surface area contributed by atoms with Gasteiger partial charge in [0.05, 0.1) is 18.7 Å². The van der Waals surface area contributed by atoms with Crippen molar-refractivity contribution < 1.29 is 4.79 Å². The fraction of sp³-hybridized carbons (Fsp3) is 0.304. The summed E-state index contributed by atoms with van der Waals surface area (Å²) in [5.41, 5.74) is 5.76. The minimum atomic E-state index is -0.0264. The molecule has 0 saturated carbocycles. The first-order chi connectivity index (χ1) is 13.6. The summed E-state index contributed by atoms with van der Waals surface area (Å²) in [5, 5.41) is 5.89. The lowest BCUT2D eigenvalue weighted by molar-refractivity contribution is -0.115. The largest absolute Gasteiger partial charge is 0.363 e.